The van der Waals surface area contributed by atoms with Gasteiger partial charge in [-0.25, -0.2) is 4.98 Å². The minimum absolute atomic E-state index is 0.0376. The van der Waals surface area contributed by atoms with E-state index in [1.54, 1.807) is 18.2 Å². The predicted octanol–water partition coefficient (Wildman–Crippen LogP) is 3.42. The van der Waals surface area contributed by atoms with Crippen molar-refractivity contribution in [2.75, 3.05) is 6.73 Å². The Balaban J connectivity index is 1.82. The maximum Gasteiger partial charge on any atom is 0.304 e. The molecule has 1 heterocycles. The van der Waals surface area contributed by atoms with E-state index in [0.29, 0.717) is 23.1 Å². The molecule has 2 N–H and O–H groups in total. The lowest BCUT2D eigenvalue weighted by molar-refractivity contribution is -0.141. The van der Waals surface area contributed by atoms with Gasteiger partial charge in [-0.05, 0) is 23.8 Å². The van der Waals surface area contributed by atoms with Gasteiger partial charge in [-0.2, -0.15) is 0 Å². The number of benzene rings is 2. The van der Waals surface area contributed by atoms with Gasteiger partial charge >= 0.3 is 5.97 Å². The zero-order valence-electron chi connectivity index (χ0n) is 14.9. The monoisotopic (exact) mass is 400 g/mol. The van der Waals surface area contributed by atoms with Gasteiger partial charge in [-0.3, -0.25) is 9.59 Å². The summed E-state index contributed by atoms with van der Waals surface area (Å²) in [6, 6.07) is 14.6. The fourth-order valence-electron chi connectivity index (χ4n) is 2.52. The molecule has 0 atom stereocenters. The first-order chi connectivity index (χ1) is 13.5. The number of hydrogen-bond donors (Lipinski definition) is 2. The number of rotatable bonds is 6. The van der Waals surface area contributed by atoms with E-state index in [1.165, 1.54) is 6.92 Å². The Kier molecular flexibility index (Phi) is 5.96. The highest BCUT2D eigenvalue weighted by Gasteiger charge is 2.19. The van der Waals surface area contributed by atoms with Crippen LogP contribution < -0.4 is 10.1 Å². The predicted molar refractivity (Wildman–Crippen MR) is 103 cm³/mol. The van der Waals surface area contributed by atoms with Crippen LogP contribution in [0.3, 0.4) is 0 Å². The summed E-state index contributed by atoms with van der Waals surface area (Å²) in [5, 5.41) is 13.6. The van der Waals surface area contributed by atoms with E-state index >= 15 is 0 Å². The second kappa shape index (κ2) is 8.58. The first-order valence-electron chi connectivity index (χ1n) is 8.36. The summed E-state index contributed by atoms with van der Waals surface area (Å²) in [6.45, 7) is 1.25. The van der Waals surface area contributed by atoms with Crippen LogP contribution in [0.5, 0.6) is 11.5 Å². The molecule has 28 heavy (non-hydrogen) atoms. The van der Waals surface area contributed by atoms with Crippen molar-refractivity contribution in [1.29, 1.82) is 0 Å². The van der Waals surface area contributed by atoms with E-state index in [4.69, 9.17) is 16.3 Å². The van der Waals surface area contributed by atoms with Crippen LogP contribution in [0, 0.1) is 0 Å². The van der Waals surface area contributed by atoms with E-state index in [0.717, 1.165) is 5.56 Å². The van der Waals surface area contributed by atoms with Crippen LogP contribution >= 0.6 is 11.6 Å². The second-order valence-corrected chi connectivity index (χ2v) is 6.23. The Hall–Kier alpha value is -3.32. The van der Waals surface area contributed by atoms with Crippen molar-refractivity contribution in [2.45, 2.75) is 13.5 Å². The Morgan fingerprint density at radius 1 is 1.14 bits per heavy atom. The molecule has 0 spiro atoms. The largest absolute Gasteiger partial charge is 0.505 e. The lowest BCUT2D eigenvalue weighted by atomic mass is 10.1. The van der Waals surface area contributed by atoms with Crippen molar-refractivity contribution >= 4 is 34.2 Å². The van der Waals surface area contributed by atoms with Crippen LogP contribution in [-0.2, 0) is 16.1 Å². The molecule has 0 bridgehead atoms. The first kappa shape index (κ1) is 19.4. The molecule has 2 aromatic carbocycles. The van der Waals surface area contributed by atoms with E-state index in [9.17, 15) is 14.7 Å². The molecule has 0 saturated heterocycles. The third-order valence-electron chi connectivity index (χ3n) is 3.87. The van der Waals surface area contributed by atoms with Crippen molar-refractivity contribution in [3.8, 4) is 11.5 Å². The normalized spacial score (nSPS) is 10.5. The molecule has 0 unspecified atom stereocenters. The highest BCUT2D eigenvalue weighted by atomic mass is 35.5. The molecule has 1 amide bonds. The number of aromatic nitrogens is 1. The number of nitrogens with one attached hydrogen (secondary N) is 1. The van der Waals surface area contributed by atoms with Gasteiger partial charge in [0.1, 0.15) is 17.5 Å². The molecule has 0 radical (unpaired) electrons. The Labute approximate surface area is 165 Å². The van der Waals surface area contributed by atoms with E-state index in [1.807, 2.05) is 30.3 Å². The molecule has 8 heteroatoms. The van der Waals surface area contributed by atoms with Crippen LogP contribution in [0.15, 0.2) is 48.5 Å². The summed E-state index contributed by atoms with van der Waals surface area (Å²) in [4.78, 5) is 26.9. The number of esters is 1. The minimum atomic E-state index is -0.716. The Bertz CT molecular complexity index is 1020. The van der Waals surface area contributed by atoms with E-state index in [2.05, 4.69) is 15.0 Å². The first-order valence-corrected chi connectivity index (χ1v) is 8.74. The molecule has 1 aromatic heterocycles. The SMILES string of the molecule is CC(=O)OCNC(=O)c1nc(Cl)c2cc(OCc3ccccc3)ccc2c1O. The van der Waals surface area contributed by atoms with E-state index < -0.39 is 11.9 Å². The third-order valence-corrected chi connectivity index (χ3v) is 4.16. The number of aromatic hydroxyl groups is 1. The number of ether oxygens (including phenoxy) is 2. The third kappa shape index (κ3) is 4.50. The summed E-state index contributed by atoms with van der Waals surface area (Å²) < 4.78 is 10.4. The fraction of sp³-hybridized carbons (Fsp3) is 0.150. The Morgan fingerprint density at radius 2 is 1.89 bits per heavy atom. The van der Waals surface area contributed by atoms with Crippen LogP contribution in [0.2, 0.25) is 5.15 Å². The number of carbonyl (C=O) groups is 2. The maximum absolute atomic E-state index is 12.2. The molecule has 0 aliphatic heterocycles. The molecule has 144 valence electrons. The van der Waals surface area contributed by atoms with Gasteiger partial charge in [0.05, 0.1) is 0 Å². The zero-order valence-corrected chi connectivity index (χ0v) is 15.7. The van der Waals surface area contributed by atoms with Gasteiger partial charge in [0, 0.05) is 17.7 Å². The van der Waals surface area contributed by atoms with Crippen LogP contribution in [0.4, 0.5) is 0 Å². The molecule has 3 aromatic rings. The number of carbonyl (C=O) groups excluding carboxylic acids is 2. The molecular formula is C20H17ClN2O5. The number of hydrogen-bond acceptors (Lipinski definition) is 6. The number of halogens is 1. The maximum atomic E-state index is 12.2. The molecule has 0 aliphatic carbocycles. The lowest BCUT2D eigenvalue weighted by Gasteiger charge is -2.11. The number of pyridine rings is 1. The summed E-state index contributed by atoms with van der Waals surface area (Å²) in [5.74, 6) is -1.04. The van der Waals surface area contributed by atoms with Gasteiger partial charge in [-0.15, -0.1) is 0 Å². The molecule has 0 aliphatic rings. The summed E-state index contributed by atoms with van der Waals surface area (Å²) >= 11 is 6.21. The molecule has 0 saturated carbocycles. The van der Waals surface area contributed by atoms with Crippen molar-refractivity contribution in [2.24, 2.45) is 0 Å². The van der Waals surface area contributed by atoms with Gasteiger partial charge in [0.2, 0.25) is 0 Å². The fourth-order valence-corrected chi connectivity index (χ4v) is 2.76. The van der Waals surface area contributed by atoms with Crippen molar-refractivity contribution < 1.29 is 24.2 Å². The molecule has 3 rings (SSSR count). The highest BCUT2D eigenvalue weighted by Crippen LogP contribution is 2.34. The van der Waals surface area contributed by atoms with Crippen molar-refractivity contribution in [1.82, 2.24) is 10.3 Å². The van der Waals surface area contributed by atoms with Gasteiger partial charge in [-0.1, -0.05) is 41.9 Å². The smallest absolute Gasteiger partial charge is 0.304 e. The minimum Gasteiger partial charge on any atom is -0.505 e. The average Bonchev–Trinajstić information content (AvgIpc) is 2.69. The van der Waals surface area contributed by atoms with Crippen molar-refractivity contribution in [3.63, 3.8) is 0 Å². The standard InChI is InChI=1S/C20H17ClN2O5/c1-12(24)28-11-22-20(26)17-18(25)15-8-7-14(9-16(15)19(21)23-17)27-10-13-5-3-2-4-6-13/h2-9,25H,10-11H2,1H3,(H,22,26). The average molecular weight is 401 g/mol. The van der Waals surface area contributed by atoms with E-state index in [-0.39, 0.29) is 23.3 Å². The quantitative estimate of drug-likeness (QED) is 0.374. The molecule has 7 nitrogen and oxygen atoms in total. The van der Waals surface area contributed by atoms with Crippen molar-refractivity contribution in [3.05, 3.63) is 64.9 Å². The van der Waals surface area contributed by atoms with Gasteiger partial charge < -0.3 is 19.9 Å². The van der Waals surface area contributed by atoms with Gasteiger partial charge in [0.15, 0.2) is 18.2 Å². The summed E-state index contributed by atoms with van der Waals surface area (Å²) in [5.41, 5.74) is 0.747. The lowest BCUT2D eigenvalue weighted by Crippen LogP contribution is -2.28. The van der Waals surface area contributed by atoms with Gasteiger partial charge in [0.25, 0.3) is 5.91 Å². The number of nitrogens with zero attached hydrogens (tertiary/aromatic N) is 1. The Morgan fingerprint density at radius 3 is 2.61 bits per heavy atom. The topological polar surface area (TPSA) is 97.8 Å². The molecular weight excluding hydrogens is 384 g/mol. The summed E-state index contributed by atoms with van der Waals surface area (Å²) in [6.07, 6.45) is 0. The highest BCUT2D eigenvalue weighted by molar-refractivity contribution is 6.35. The second-order valence-electron chi connectivity index (χ2n) is 5.87. The van der Waals surface area contributed by atoms with Crippen LogP contribution in [0.25, 0.3) is 10.8 Å². The van der Waals surface area contributed by atoms with Crippen LogP contribution in [0.1, 0.15) is 23.0 Å². The van der Waals surface area contributed by atoms with Crippen LogP contribution in [-0.4, -0.2) is 28.7 Å². The number of fused-ring (bicyclic) bond motifs is 1. The summed E-state index contributed by atoms with van der Waals surface area (Å²) in [7, 11) is 0. The molecule has 0 fully saturated rings. The zero-order chi connectivity index (χ0) is 20.1. The number of amides is 1.